The molecular formula is C22H30O. The fourth-order valence-electron chi connectivity index (χ4n) is 4.47. The molecule has 1 aliphatic heterocycles. The monoisotopic (exact) mass is 310 g/mol. The summed E-state index contributed by atoms with van der Waals surface area (Å²) >= 11 is 0. The van der Waals surface area contributed by atoms with Gasteiger partial charge in [0.1, 0.15) is 0 Å². The van der Waals surface area contributed by atoms with E-state index in [0.717, 1.165) is 6.42 Å². The Morgan fingerprint density at radius 2 is 1.96 bits per heavy atom. The molecule has 23 heavy (non-hydrogen) atoms. The third-order valence-electron chi connectivity index (χ3n) is 5.87. The van der Waals surface area contributed by atoms with Gasteiger partial charge in [0.15, 0.2) is 0 Å². The van der Waals surface area contributed by atoms with Gasteiger partial charge in [-0.1, -0.05) is 68.8 Å². The molecule has 124 valence electrons. The van der Waals surface area contributed by atoms with E-state index in [-0.39, 0.29) is 5.41 Å². The molecule has 1 fully saturated rings. The van der Waals surface area contributed by atoms with Crippen LogP contribution in [0.2, 0.25) is 0 Å². The van der Waals surface area contributed by atoms with Gasteiger partial charge in [-0.15, -0.1) is 0 Å². The van der Waals surface area contributed by atoms with E-state index in [1.54, 1.807) is 0 Å². The zero-order chi connectivity index (χ0) is 16.6. The van der Waals surface area contributed by atoms with Gasteiger partial charge in [0.2, 0.25) is 0 Å². The van der Waals surface area contributed by atoms with Crippen molar-refractivity contribution in [2.24, 2.45) is 17.3 Å². The average Bonchev–Trinajstić information content (AvgIpc) is 2.80. The van der Waals surface area contributed by atoms with Crippen LogP contribution in [0.3, 0.4) is 0 Å². The molecule has 0 aromatic heterocycles. The SMILES string of the molecule is CCC1OC2C=CC(C)CC2C1(C)/C=C(\C)c1ccc(C)cc1. The summed E-state index contributed by atoms with van der Waals surface area (Å²) in [6, 6.07) is 8.88. The lowest BCUT2D eigenvalue weighted by atomic mass is 9.66. The van der Waals surface area contributed by atoms with Crippen LogP contribution in [-0.2, 0) is 4.74 Å². The van der Waals surface area contributed by atoms with Crippen LogP contribution in [0.1, 0.15) is 51.7 Å². The van der Waals surface area contributed by atoms with Gasteiger partial charge in [0.25, 0.3) is 0 Å². The number of hydrogen-bond donors (Lipinski definition) is 0. The Kier molecular flexibility index (Phi) is 4.51. The number of rotatable bonds is 3. The van der Waals surface area contributed by atoms with Gasteiger partial charge in [0.05, 0.1) is 12.2 Å². The van der Waals surface area contributed by atoms with Crippen LogP contribution >= 0.6 is 0 Å². The molecule has 0 N–H and O–H groups in total. The second-order valence-electron chi connectivity index (χ2n) is 7.76. The third-order valence-corrected chi connectivity index (χ3v) is 5.87. The first-order valence-corrected chi connectivity index (χ1v) is 9.04. The summed E-state index contributed by atoms with van der Waals surface area (Å²) in [6.45, 7) is 11.4. The molecule has 0 radical (unpaired) electrons. The maximum atomic E-state index is 6.40. The Hall–Kier alpha value is -1.34. The summed E-state index contributed by atoms with van der Waals surface area (Å²) in [6.07, 6.45) is 10.0. The average molecular weight is 310 g/mol. The quantitative estimate of drug-likeness (QED) is 0.642. The maximum absolute atomic E-state index is 6.40. The largest absolute Gasteiger partial charge is 0.370 e. The van der Waals surface area contributed by atoms with Crippen molar-refractivity contribution in [3.8, 4) is 0 Å². The fourth-order valence-corrected chi connectivity index (χ4v) is 4.47. The minimum absolute atomic E-state index is 0.118. The van der Waals surface area contributed by atoms with Gasteiger partial charge in [-0.25, -0.2) is 0 Å². The molecule has 1 aromatic carbocycles. The lowest BCUT2D eigenvalue weighted by molar-refractivity contribution is 0.0409. The smallest absolute Gasteiger partial charge is 0.0797 e. The highest BCUT2D eigenvalue weighted by Gasteiger charge is 2.51. The molecule has 1 heterocycles. The Morgan fingerprint density at radius 1 is 1.26 bits per heavy atom. The standard InChI is InChI=1S/C22H30O/c1-6-21-22(5,19-13-16(3)9-12-20(19)23-21)14-17(4)18-10-7-15(2)8-11-18/h7-12,14,16,19-21H,6,13H2,1-5H3/b17-14+. The summed E-state index contributed by atoms with van der Waals surface area (Å²) in [5.74, 6) is 1.25. The van der Waals surface area contributed by atoms with Crippen molar-refractivity contribution in [1.29, 1.82) is 0 Å². The summed E-state index contributed by atoms with van der Waals surface area (Å²) in [4.78, 5) is 0. The van der Waals surface area contributed by atoms with Crippen LogP contribution in [-0.4, -0.2) is 12.2 Å². The molecule has 0 amide bonds. The highest BCUT2D eigenvalue weighted by atomic mass is 16.5. The minimum atomic E-state index is 0.118. The van der Waals surface area contributed by atoms with Crippen molar-refractivity contribution in [2.45, 2.75) is 59.7 Å². The van der Waals surface area contributed by atoms with Crippen molar-refractivity contribution in [3.05, 3.63) is 53.6 Å². The van der Waals surface area contributed by atoms with Gasteiger partial charge in [-0.05, 0) is 43.7 Å². The molecule has 5 atom stereocenters. The molecular weight excluding hydrogens is 280 g/mol. The predicted molar refractivity (Wildman–Crippen MR) is 98.3 cm³/mol. The van der Waals surface area contributed by atoms with Crippen LogP contribution in [0, 0.1) is 24.2 Å². The second kappa shape index (κ2) is 6.28. The van der Waals surface area contributed by atoms with Gasteiger partial charge < -0.3 is 4.74 Å². The molecule has 1 aliphatic carbocycles. The third kappa shape index (κ3) is 3.04. The van der Waals surface area contributed by atoms with Crippen molar-refractivity contribution < 1.29 is 4.74 Å². The molecule has 1 nitrogen and oxygen atoms in total. The first kappa shape index (κ1) is 16.5. The lowest BCUT2D eigenvalue weighted by Gasteiger charge is -2.35. The van der Waals surface area contributed by atoms with Crippen molar-refractivity contribution >= 4 is 5.57 Å². The number of allylic oxidation sites excluding steroid dienone is 2. The van der Waals surface area contributed by atoms with E-state index >= 15 is 0 Å². The maximum Gasteiger partial charge on any atom is 0.0797 e. The van der Waals surface area contributed by atoms with Gasteiger partial charge >= 0.3 is 0 Å². The summed E-state index contributed by atoms with van der Waals surface area (Å²) in [5, 5.41) is 0. The number of hydrogen-bond acceptors (Lipinski definition) is 1. The van der Waals surface area contributed by atoms with E-state index in [2.05, 4.69) is 77.1 Å². The molecule has 2 aliphatic rings. The molecule has 5 unspecified atom stereocenters. The highest BCUT2D eigenvalue weighted by Crippen LogP contribution is 2.51. The van der Waals surface area contributed by atoms with Crippen LogP contribution in [0.25, 0.3) is 5.57 Å². The van der Waals surface area contributed by atoms with Crippen molar-refractivity contribution in [1.82, 2.24) is 0 Å². The normalized spacial score (nSPS) is 37.0. The summed E-state index contributed by atoms with van der Waals surface area (Å²) in [5.41, 5.74) is 4.13. The first-order valence-electron chi connectivity index (χ1n) is 9.04. The Bertz CT molecular complexity index is 609. The predicted octanol–water partition coefficient (Wildman–Crippen LogP) is 5.79. The number of fused-ring (bicyclic) bond motifs is 1. The topological polar surface area (TPSA) is 9.23 Å². The number of benzene rings is 1. The van der Waals surface area contributed by atoms with E-state index < -0.39 is 0 Å². The summed E-state index contributed by atoms with van der Waals surface area (Å²) < 4.78 is 6.40. The molecule has 1 saturated heterocycles. The Balaban J connectivity index is 1.95. The van der Waals surface area contributed by atoms with Crippen molar-refractivity contribution in [2.75, 3.05) is 0 Å². The minimum Gasteiger partial charge on any atom is -0.370 e. The number of aryl methyl sites for hydroxylation is 1. The Morgan fingerprint density at radius 3 is 2.61 bits per heavy atom. The van der Waals surface area contributed by atoms with E-state index in [1.807, 2.05) is 0 Å². The van der Waals surface area contributed by atoms with E-state index in [9.17, 15) is 0 Å². The van der Waals surface area contributed by atoms with E-state index in [4.69, 9.17) is 4.74 Å². The van der Waals surface area contributed by atoms with Crippen molar-refractivity contribution in [3.63, 3.8) is 0 Å². The second-order valence-corrected chi connectivity index (χ2v) is 7.76. The van der Waals surface area contributed by atoms with Crippen LogP contribution in [0.15, 0.2) is 42.5 Å². The molecule has 1 aromatic rings. The Labute approximate surface area is 141 Å². The first-order chi connectivity index (χ1) is 10.9. The van der Waals surface area contributed by atoms with Crippen LogP contribution in [0.4, 0.5) is 0 Å². The van der Waals surface area contributed by atoms with Gasteiger partial charge in [-0.2, -0.15) is 0 Å². The zero-order valence-electron chi connectivity index (χ0n) is 15.2. The molecule has 0 bridgehead atoms. The number of ether oxygens (including phenoxy) is 1. The molecule has 0 spiro atoms. The van der Waals surface area contributed by atoms with Crippen LogP contribution in [0.5, 0.6) is 0 Å². The summed E-state index contributed by atoms with van der Waals surface area (Å²) in [7, 11) is 0. The van der Waals surface area contributed by atoms with E-state index in [1.165, 1.54) is 23.1 Å². The van der Waals surface area contributed by atoms with E-state index in [0.29, 0.717) is 24.0 Å². The lowest BCUT2D eigenvalue weighted by Crippen LogP contribution is -2.34. The molecule has 0 saturated carbocycles. The van der Waals surface area contributed by atoms with Gasteiger partial charge in [0, 0.05) is 11.3 Å². The van der Waals surface area contributed by atoms with Crippen LogP contribution < -0.4 is 0 Å². The van der Waals surface area contributed by atoms with Gasteiger partial charge in [-0.3, -0.25) is 0 Å². The molecule has 3 rings (SSSR count). The fraction of sp³-hybridized carbons (Fsp3) is 0.545. The highest BCUT2D eigenvalue weighted by molar-refractivity contribution is 5.65. The zero-order valence-corrected chi connectivity index (χ0v) is 15.2. The molecule has 1 heteroatoms.